The summed E-state index contributed by atoms with van der Waals surface area (Å²) >= 11 is 0. The molecule has 6 nitrogen and oxygen atoms in total. The first-order valence-corrected chi connectivity index (χ1v) is 9.41. The fourth-order valence-corrected chi connectivity index (χ4v) is 3.88. The smallest absolute Gasteiger partial charge is 0.193 e. The number of guanidine groups is 1. The Kier molecular flexibility index (Phi) is 8.48. The summed E-state index contributed by atoms with van der Waals surface area (Å²) in [7, 11) is 1.89. The van der Waals surface area contributed by atoms with Crippen molar-refractivity contribution in [2.24, 2.45) is 10.9 Å². The molecule has 0 aliphatic carbocycles. The highest BCUT2D eigenvalue weighted by Crippen LogP contribution is 2.19. The summed E-state index contributed by atoms with van der Waals surface area (Å²) in [6.45, 7) is 9.93. The highest BCUT2D eigenvalue weighted by Gasteiger charge is 2.26. The molecule has 0 aromatic carbocycles. The van der Waals surface area contributed by atoms with E-state index >= 15 is 0 Å². The molecule has 3 heterocycles. The summed E-state index contributed by atoms with van der Waals surface area (Å²) < 4.78 is 1.98. The topological polar surface area (TPSA) is 48.7 Å². The highest BCUT2D eigenvalue weighted by atomic mass is 127. The fourth-order valence-electron chi connectivity index (χ4n) is 3.88. The van der Waals surface area contributed by atoms with Crippen molar-refractivity contribution in [3.63, 3.8) is 0 Å². The third kappa shape index (κ3) is 6.13. The van der Waals surface area contributed by atoms with Crippen LogP contribution in [0.4, 0.5) is 0 Å². The number of piperidine rings is 1. The second kappa shape index (κ2) is 10.4. The molecule has 25 heavy (non-hydrogen) atoms. The molecule has 1 atom stereocenters. The Labute approximate surface area is 169 Å². The molecule has 142 valence electrons. The molecule has 0 saturated carbocycles. The van der Waals surface area contributed by atoms with Crippen molar-refractivity contribution in [2.45, 2.75) is 39.2 Å². The zero-order valence-electron chi connectivity index (χ0n) is 15.7. The largest absolute Gasteiger partial charge is 0.354 e. The normalized spacial score (nSPS) is 22.1. The summed E-state index contributed by atoms with van der Waals surface area (Å²) in [5.74, 6) is 1.83. The van der Waals surface area contributed by atoms with Crippen LogP contribution in [0.5, 0.6) is 0 Å². The van der Waals surface area contributed by atoms with E-state index in [0.717, 1.165) is 38.1 Å². The van der Waals surface area contributed by atoms with E-state index in [2.05, 4.69) is 38.3 Å². The molecule has 1 aromatic heterocycles. The van der Waals surface area contributed by atoms with Gasteiger partial charge in [0.2, 0.25) is 0 Å². The molecule has 0 radical (unpaired) electrons. The number of nitrogens with one attached hydrogen (secondary N) is 1. The van der Waals surface area contributed by atoms with Gasteiger partial charge in [-0.05, 0) is 50.8 Å². The lowest BCUT2D eigenvalue weighted by Gasteiger charge is -2.29. The summed E-state index contributed by atoms with van der Waals surface area (Å²) in [5.41, 5.74) is 1.21. The molecule has 1 unspecified atom stereocenters. The van der Waals surface area contributed by atoms with Gasteiger partial charge in [-0.3, -0.25) is 9.67 Å². The maximum Gasteiger partial charge on any atom is 0.193 e. The van der Waals surface area contributed by atoms with E-state index in [0.29, 0.717) is 0 Å². The van der Waals surface area contributed by atoms with Gasteiger partial charge >= 0.3 is 0 Å². The van der Waals surface area contributed by atoms with Crippen LogP contribution < -0.4 is 5.32 Å². The number of aryl methyl sites for hydroxylation is 1. The van der Waals surface area contributed by atoms with Gasteiger partial charge in [0, 0.05) is 39.4 Å². The third-order valence-corrected chi connectivity index (χ3v) is 5.15. The van der Waals surface area contributed by atoms with Crippen LogP contribution >= 0.6 is 24.0 Å². The number of aliphatic imine (C=N–C) groups is 1. The molecule has 1 aromatic rings. The average Bonchev–Trinajstić information content (AvgIpc) is 3.22. The second-order valence-corrected chi connectivity index (χ2v) is 7.22. The van der Waals surface area contributed by atoms with Gasteiger partial charge in [-0.1, -0.05) is 6.42 Å². The van der Waals surface area contributed by atoms with Gasteiger partial charge in [0.1, 0.15) is 0 Å². The maximum absolute atomic E-state index is 4.48. The zero-order chi connectivity index (χ0) is 16.8. The van der Waals surface area contributed by atoms with Crippen molar-refractivity contribution < 1.29 is 0 Å². The number of aromatic nitrogens is 2. The van der Waals surface area contributed by atoms with E-state index < -0.39 is 0 Å². The summed E-state index contributed by atoms with van der Waals surface area (Å²) in [6.07, 6.45) is 9.45. The van der Waals surface area contributed by atoms with Gasteiger partial charge in [-0.2, -0.15) is 5.10 Å². The molecule has 0 bridgehead atoms. The number of rotatable bonds is 5. The minimum absolute atomic E-state index is 0. The Morgan fingerprint density at radius 2 is 2.08 bits per heavy atom. The monoisotopic (exact) mass is 460 g/mol. The first kappa shape index (κ1) is 20.5. The molecule has 1 N–H and O–H groups in total. The first-order valence-electron chi connectivity index (χ1n) is 9.41. The first-order chi connectivity index (χ1) is 11.7. The van der Waals surface area contributed by atoms with Crippen LogP contribution in [-0.4, -0.2) is 71.9 Å². The van der Waals surface area contributed by atoms with Crippen LogP contribution in [0.1, 0.15) is 31.2 Å². The van der Waals surface area contributed by atoms with Crippen molar-refractivity contribution in [3.05, 3.63) is 18.0 Å². The van der Waals surface area contributed by atoms with Gasteiger partial charge < -0.3 is 15.1 Å². The predicted molar refractivity (Wildman–Crippen MR) is 114 cm³/mol. The highest BCUT2D eigenvalue weighted by molar-refractivity contribution is 14.0. The average molecular weight is 460 g/mol. The Morgan fingerprint density at radius 3 is 2.76 bits per heavy atom. The van der Waals surface area contributed by atoms with Gasteiger partial charge in [0.05, 0.1) is 12.7 Å². The van der Waals surface area contributed by atoms with Crippen LogP contribution in [0.3, 0.4) is 0 Å². The Morgan fingerprint density at radius 1 is 1.28 bits per heavy atom. The van der Waals surface area contributed by atoms with E-state index in [9.17, 15) is 0 Å². The molecular weight excluding hydrogens is 427 g/mol. The van der Waals surface area contributed by atoms with E-state index in [1.54, 1.807) is 0 Å². The Hall–Kier alpha value is -0.830. The third-order valence-electron chi connectivity index (χ3n) is 5.15. The number of likely N-dealkylation sites (tertiary alicyclic amines) is 2. The Bertz CT molecular complexity index is 537. The number of hydrogen-bond donors (Lipinski definition) is 1. The minimum atomic E-state index is 0. The van der Waals surface area contributed by atoms with Gasteiger partial charge in [0.25, 0.3) is 0 Å². The molecule has 2 fully saturated rings. The van der Waals surface area contributed by atoms with Crippen molar-refractivity contribution in [2.75, 3.05) is 46.3 Å². The van der Waals surface area contributed by atoms with Gasteiger partial charge in [-0.15, -0.1) is 24.0 Å². The standard InChI is InChI=1S/C18H32N6.HI/c1-16-12-21-24(13-16)11-7-20-18(19-2)23-10-6-17(15-23)14-22-8-4-3-5-9-22;/h12-13,17H,3-11,14-15H2,1-2H3,(H,19,20);1H. The predicted octanol–water partition coefficient (Wildman–Crippen LogP) is 2.19. The van der Waals surface area contributed by atoms with Crippen LogP contribution in [0.15, 0.2) is 17.4 Å². The minimum Gasteiger partial charge on any atom is -0.354 e. The van der Waals surface area contributed by atoms with Crippen molar-refractivity contribution in [1.82, 2.24) is 24.9 Å². The van der Waals surface area contributed by atoms with Crippen LogP contribution in [0, 0.1) is 12.8 Å². The van der Waals surface area contributed by atoms with E-state index in [1.807, 2.05) is 17.9 Å². The lowest BCUT2D eigenvalue weighted by molar-refractivity contribution is 0.198. The SMILES string of the molecule is CN=C(NCCn1cc(C)cn1)N1CCC(CN2CCCCC2)C1.I. The quantitative estimate of drug-likeness (QED) is 0.416. The maximum atomic E-state index is 4.48. The second-order valence-electron chi connectivity index (χ2n) is 7.22. The van der Waals surface area contributed by atoms with Crippen LogP contribution in [0.2, 0.25) is 0 Å². The lowest BCUT2D eigenvalue weighted by atomic mass is 10.1. The molecule has 2 aliphatic rings. The lowest BCUT2D eigenvalue weighted by Crippen LogP contribution is -2.42. The summed E-state index contributed by atoms with van der Waals surface area (Å²) in [6, 6.07) is 0. The number of halogens is 1. The van der Waals surface area contributed by atoms with Crippen LogP contribution in [-0.2, 0) is 6.54 Å². The summed E-state index contributed by atoms with van der Waals surface area (Å²) in [4.78, 5) is 9.56. The molecular formula is C18H33IN6. The molecule has 7 heteroatoms. The van der Waals surface area contributed by atoms with Crippen LogP contribution in [0.25, 0.3) is 0 Å². The number of hydrogen-bond acceptors (Lipinski definition) is 3. The van der Waals surface area contributed by atoms with Crippen molar-refractivity contribution in [1.29, 1.82) is 0 Å². The Balaban J connectivity index is 0.00000225. The van der Waals surface area contributed by atoms with E-state index in [1.165, 1.54) is 50.9 Å². The van der Waals surface area contributed by atoms with E-state index in [4.69, 9.17) is 0 Å². The zero-order valence-corrected chi connectivity index (χ0v) is 18.0. The molecule has 2 saturated heterocycles. The molecule has 0 amide bonds. The summed E-state index contributed by atoms with van der Waals surface area (Å²) in [5, 5.41) is 7.83. The fraction of sp³-hybridized carbons (Fsp3) is 0.778. The molecule has 2 aliphatic heterocycles. The number of nitrogens with zero attached hydrogens (tertiary/aromatic N) is 5. The molecule has 0 spiro atoms. The van der Waals surface area contributed by atoms with E-state index in [-0.39, 0.29) is 24.0 Å². The van der Waals surface area contributed by atoms with Crippen molar-refractivity contribution >= 4 is 29.9 Å². The molecule has 3 rings (SSSR count). The van der Waals surface area contributed by atoms with Crippen molar-refractivity contribution in [3.8, 4) is 0 Å². The van der Waals surface area contributed by atoms with Gasteiger partial charge in [-0.25, -0.2) is 0 Å². The van der Waals surface area contributed by atoms with Gasteiger partial charge in [0.15, 0.2) is 5.96 Å².